The third kappa shape index (κ3) is 3.09. The summed E-state index contributed by atoms with van der Waals surface area (Å²) in [5.74, 6) is 1.40. The number of furan rings is 1. The molecule has 1 aromatic heterocycles. The number of nitrogens with zero attached hydrogens (tertiary/aromatic N) is 1. The fourth-order valence-electron chi connectivity index (χ4n) is 4.22. The quantitative estimate of drug-likeness (QED) is 0.798. The molecule has 0 N–H and O–H groups in total. The largest absolute Gasteiger partial charge is 0.468 e. The molecular weight excluding hydrogens is 298 g/mol. The number of Topliss-reactive ketones (excluding diaryl/α,β-unsaturated/α-hetero) is 1. The maximum absolute atomic E-state index is 12.0. The number of carbonyl (C=O) groups excluding carboxylic acids is 1. The molecule has 0 saturated heterocycles. The summed E-state index contributed by atoms with van der Waals surface area (Å²) in [4.78, 5) is 14.4. The summed E-state index contributed by atoms with van der Waals surface area (Å²) in [6.07, 6.45) is 7.36. The molecular formula is C21H23NO2. The number of ketones is 1. The first kappa shape index (κ1) is 15.4. The first-order valence-electron chi connectivity index (χ1n) is 8.73. The number of rotatable bonds is 4. The van der Waals surface area contributed by atoms with Crippen molar-refractivity contribution in [3.63, 3.8) is 0 Å². The topological polar surface area (TPSA) is 33.5 Å². The zero-order chi connectivity index (χ0) is 16.4. The average molecular weight is 321 g/mol. The van der Waals surface area contributed by atoms with E-state index < -0.39 is 0 Å². The van der Waals surface area contributed by atoms with Crippen molar-refractivity contribution in [1.29, 1.82) is 0 Å². The molecule has 1 atom stereocenters. The van der Waals surface area contributed by atoms with Crippen molar-refractivity contribution in [2.45, 2.75) is 32.2 Å². The summed E-state index contributed by atoms with van der Waals surface area (Å²) in [6, 6.07) is 14.7. The Morgan fingerprint density at radius 2 is 2.00 bits per heavy atom. The van der Waals surface area contributed by atoms with Gasteiger partial charge in [-0.15, -0.1) is 0 Å². The van der Waals surface area contributed by atoms with E-state index in [0.717, 1.165) is 38.2 Å². The van der Waals surface area contributed by atoms with Crippen molar-refractivity contribution in [3.8, 4) is 0 Å². The molecule has 1 fully saturated rings. The second-order valence-electron chi connectivity index (χ2n) is 7.14. The van der Waals surface area contributed by atoms with Crippen molar-refractivity contribution in [2.75, 3.05) is 13.1 Å². The van der Waals surface area contributed by atoms with Gasteiger partial charge in [0.1, 0.15) is 11.5 Å². The lowest BCUT2D eigenvalue weighted by Gasteiger charge is -2.46. The molecule has 1 saturated carbocycles. The van der Waals surface area contributed by atoms with Gasteiger partial charge < -0.3 is 4.42 Å². The summed E-state index contributed by atoms with van der Waals surface area (Å²) in [5, 5.41) is 0. The van der Waals surface area contributed by atoms with E-state index in [1.165, 1.54) is 11.1 Å². The van der Waals surface area contributed by atoms with Crippen LogP contribution in [0.2, 0.25) is 0 Å². The Morgan fingerprint density at radius 3 is 2.79 bits per heavy atom. The minimum Gasteiger partial charge on any atom is -0.468 e. The van der Waals surface area contributed by atoms with Crippen LogP contribution in [-0.2, 0) is 17.8 Å². The van der Waals surface area contributed by atoms with Crippen LogP contribution in [0.3, 0.4) is 0 Å². The molecule has 124 valence electrons. The van der Waals surface area contributed by atoms with E-state index in [2.05, 4.69) is 41.3 Å². The van der Waals surface area contributed by atoms with Gasteiger partial charge in [0.2, 0.25) is 0 Å². The van der Waals surface area contributed by atoms with Gasteiger partial charge >= 0.3 is 0 Å². The SMILES string of the molecule is O=C1CCC2(Cc3ccccc3)CN(Cc3ccco3)CC=C2C1. The first-order chi connectivity index (χ1) is 11.7. The fourth-order valence-corrected chi connectivity index (χ4v) is 4.22. The fraction of sp³-hybridized carbons (Fsp3) is 0.381. The van der Waals surface area contributed by atoms with Gasteiger partial charge in [-0.25, -0.2) is 0 Å². The third-order valence-electron chi connectivity index (χ3n) is 5.42. The van der Waals surface area contributed by atoms with Crippen LogP contribution in [0.15, 0.2) is 64.8 Å². The number of hydrogen-bond donors (Lipinski definition) is 0. The van der Waals surface area contributed by atoms with Gasteiger partial charge in [0.25, 0.3) is 0 Å². The van der Waals surface area contributed by atoms with Crippen LogP contribution >= 0.6 is 0 Å². The highest BCUT2D eigenvalue weighted by Gasteiger charge is 2.42. The van der Waals surface area contributed by atoms with Gasteiger partial charge in [-0.1, -0.05) is 42.0 Å². The summed E-state index contributed by atoms with van der Waals surface area (Å²) < 4.78 is 5.52. The zero-order valence-electron chi connectivity index (χ0n) is 13.9. The average Bonchev–Trinajstić information content (AvgIpc) is 3.09. The maximum atomic E-state index is 12.0. The minimum atomic E-state index is 0.0973. The van der Waals surface area contributed by atoms with Gasteiger partial charge in [-0.2, -0.15) is 0 Å². The van der Waals surface area contributed by atoms with Gasteiger partial charge in [-0.05, 0) is 30.5 Å². The summed E-state index contributed by atoms with van der Waals surface area (Å²) in [5.41, 5.74) is 2.82. The highest BCUT2D eigenvalue weighted by molar-refractivity contribution is 5.82. The Labute approximate surface area is 143 Å². The smallest absolute Gasteiger partial charge is 0.136 e. The number of hydrogen-bond acceptors (Lipinski definition) is 3. The second-order valence-corrected chi connectivity index (χ2v) is 7.14. The molecule has 3 heteroatoms. The molecule has 24 heavy (non-hydrogen) atoms. The molecule has 2 heterocycles. The molecule has 4 rings (SSSR count). The van der Waals surface area contributed by atoms with Crippen molar-refractivity contribution in [3.05, 3.63) is 71.7 Å². The lowest BCUT2D eigenvalue weighted by molar-refractivity contribution is -0.120. The molecule has 3 nitrogen and oxygen atoms in total. The monoisotopic (exact) mass is 321 g/mol. The van der Waals surface area contributed by atoms with E-state index >= 15 is 0 Å². The zero-order valence-corrected chi connectivity index (χ0v) is 13.9. The summed E-state index contributed by atoms with van der Waals surface area (Å²) in [7, 11) is 0. The summed E-state index contributed by atoms with van der Waals surface area (Å²) >= 11 is 0. The predicted molar refractivity (Wildman–Crippen MR) is 93.5 cm³/mol. The van der Waals surface area contributed by atoms with E-state index in [-0.39, 0.29) is 5.41 Å². The van der Waals surface area contributed by atoms with E-state index in [1.807, 2.05) is 12.1 Å². The lowest BCUT2D eigenvalue weighted by atomic mass is 9.65. The lowest BCUT2D eigenvalue weighted by Crippen LogP contribution is -2.46. The van der Waals surface area contributed by atoms with E-state index in [4.69, 9.17) is 4.42 Å². The molecule has 2 aliphatic rings. The van der Waals surface area contributed by atoms with Crippen molar-refractivity contribution in [1.82, 2.24) is 4.90 Å². The van der Waals surface area contributed by atoms with Crippen LogP contribution in [0.1, 0.15) is 30.6 Å². The van der Waals surface area contributed by atoms with E-state index in [1.54, 1.807) is 6.26 Å². The van der Waals surface area contributed by atoms with E-state index in [9.17, 15) is 4.79 Å². The molecule has 0 radical (unpaired) electrons. The van der Waals surface area contributed by atoms with E-state index in [0.29, 0.717) is 18.6 Å². The first-order valence-corrected chi connectivity index (χ1v) is 8.73. The Kier molecular flexibility index (Phi) is 4.11. The van der Waals surface area contributed by atoms with Crippen molar-refractivity contribution >= 4 is 5.78 Å². The van der Waals surface area contributed by atoms with Gasteiger partial charge in [0.05, 0.1) is 12.8 Å². The van der Waals surface area contributed by atoms with Crippen LogP contribution in [0.4, 0.5) is 0 Å². The summed E-state index contributed by atoms with van der Waals surface area (Å²) in [6.45, 7) is 2.74. The highest BCUT2D eigenvalue weighted by Crippen LogP contribution is 2.45. The maximum Gasteiger partial charge on any atom is 0.136 e. The second kappa shape index (κ2) is 6.40. The third-order valence-corrected chi connectivity index (χ3v) is 5.42. The van der Waals surface area contributed by atoms with Crippen molar-refractivity contribution in [2.24, 2.45) is 5.41 Å². The molecule has 1 unspecified atom stereocenters. The van der Waals surface area contributed by atoms with Crippen LogP contribution in [0.5, 0.6) is 0 Å². The standard InChI is InChI=1S/C21H23NO2/c23-19-8-10-21(14-17-5-2-1-3-6-17)16-22(11-9-18(21)13-19)15-20-7-4-12-24-20/h1-7,9,12H,8,10-11,13-16H2. The van der Waals surface area contributed by atoms with Gasteiger partial charge in [0.15, 0.2) is 0 Å². The molecule has 2 aromatic rings. The molecule has 1 aliphatic heterocycles. The molecule has 1 aromatic carbocycles. The van der Waals surface area contributed by atoms with Crippen LogP contribution in [0, 0.1) is 5.41 Å². The predicted octanol–water partition coefficient (Wildman–Crippen LogP) is 4.00. The minimum absolute atomic E-state index is 0.0973. The molecule has 0 amide bonds. The van der Waals surface area contributed by atoms with Crippen molar-refractivity contribution < 1.29 is 9.21 Å². The Morgan fingerprint density at radius 1 is 1.12 bits per heavy atom. The number of fused-ring (bicyclic) bond motifs is 1. The molecule has 1 aliphatic carbocycles. The van der Waals surface area contributed by atoms with Crippen LogP contribution < -0.4 is 0 Å². The number of benzene rings is 1. The Bertz CT molecular complexity index is 732. The highest BCUT2D eigenvalue weighted by atomic mass is 16.3. The molecule has 0 spiro atoms. The molecule has 0 bridgehead atoms. The Balaban J connectivity index is 1.60. The number of carbonyl (C=O) groups is 1. The van der Waals surface area contributed by atoms with Crippen LogP contribution in [0.25, 0.3) is 0 Å². The normalized spacial score (nSPS) is 24.5. The Hall–Kier alpha value is -2.13. The van der Waals surface area contributed by atoms with Gasteiger partial charge in [-0.3, -0.25) is 9.69 Å². The van der Waals surface area contributed by atoms with Crippen LogP contribution in [-0.4, -0.2) is 23.8 Å². The van der Waals surface area contributed by atoms with Gasteiger partial charge in [0, 0.05) is 31.3 Å².